The van der Waals surface area contributed by atoms with Crippen LogP contribution in [-0.4, -0.2) is 23.8 Å². The summed E-state index contributed by atoms with van der Waals surface area (Å²) in [5.74, 6) is -0.743. The predicted molar refractivity (Wildman–Crippen MR) is 67.0 cm³/mol. The zero-order valence-corrected chi connectivity index (χ0v) is 10.3. The Morgan fingerprint density at radius 2 is 1.89 bits per heavy atom. The molecule has 0 saturated carbocycles. The highest BCUT2D eigenvalue weighted by atomic mass is 35.5. The third-order valence-corrected chi connectivity index (χ3v) is 2.66. The maximum absolute atomic E-state index is 12.1. The van der Waals surface area contributed by atoms with E-state index >= 15 is 0 Å². The fourth-order valence-electron chi connectivity index (χ4n) is 1.54. The Balaban J connectivity index is 2.29. The summed E-state index contributed by atoms with van der Waals surface area (Å²) in [4.78, 5) is 26.0. The molecule has 0 amide bonds. The van der Waals surface area contributed by atoms with Crippen LogP contribution < -0.4 is 0 Å². The molecule has 2 rings (SSSR count). The van der Waals surface area contributed by atoms with Gasteiger partial charge >= 0.3 is 5.97 Å². The van der Waals surface area contributed by atoms with E-state index in [2.05, 4.69) is 9.72 Å². The van der Waals surface area contributed by atoms with Crippen molar-refractivity contribution in [2.24, 2.45) is 0 Å². The number of hydrogen-bond donors (Lipinski definition) is 1. The maximum atomic E-state index is 12.1. The number of benzene rings is 1. The largest absolute Gasteiger partial charge is 0.464 e. The monoisotopic (exact) mass is 263 g/mol. The number of methoxy groups -OCH3 is 1. The summed E-state index contributed by atoms with van der Waals surface area (Å²) >= 11 is 5.82. The summed E-state index contributed by atoms with van der Waals surface area (Å²) in [5, 5.41) is 0.487. The van der Waals surface area contributed by atoms with Crippen LogP contribution in [0.2, 0.25) is 5.02 Å². The molecule has 0 saturated heterocycles. The van der Waals surface area contributed by atoms with E-state index in [-0.39, 0.29) is 11.5 Å². The normalized spacial score (nSPS) is 10.1. The number of carbonyl (C=O) groups excluding carboxylic acids is 2. The number of nitrogens with one attached hydrogen (secondary N) is 1. The number of H-pyrrole nitrogens is 1. The van der Waals surface area contributed by atoms with Gasteiger partial charge in [0.05, 0.1) is 12.8 Å². The van der Waals surface area contributed by atoms with Crippen molar-refractivity contribution in [3.8, 4) is 0 Å². The van der Waals surface area contributed by atoms with Crippen molar-refractivity contribution in [3.63, 3.8) is 0 Å². The van der Waals surface area contributed by atoms with Crippen molar-refractivity contribution in [1.29, 1.82) is 0 Å². The molecule has 18 heavy (non-hydrogen) atoms. The first-order valence-corrected chi connectivity index (χ1v) is 5.57. The number of halogens is 1. The van der Waals surface area contributed by atoms with Crippen LogP contribution >= 0.6 is 11.6 Å². The smallest absolute Gasteiger partial charge is 0.354 e. The third-order valence-electron chi connectivity index (χ3n) is 2.42. The van der Waals surface area contributed by atoms with Crippen LogP contribution in [0.3, 0.4) is 0 Å². The molecule has 0 radical (unpaired) electrons. The molecule has 1 aromatic heterocycles. The molecule has 0 atom stereocenters. The molecule has 0 aliphatic heterocycles. The van der Waals surface area contributed by atoms with Crippen molar-refractivity contribution in [2.45, 2.75) is 0 Å². The highest BCUT2D eigenvalue weighted by Crippen LogP contribution is 2.15. The molecule has 0 unspecified atom stereocenters. The topological polar surface area (TPSA) is 59.2 Å². The second kappa shape index (κ2) is 5.06. The van der Waals surface area contributed by atoms with Crippen LogP contribution in [-0.2, 0) is 4.74 Å². The van der Waals surface area contributed by atoms with Gasteiger partial charge in [-0.2, -0.15) is 0 Å². The molecular formula is C13H10ClNO3. The zero-order chi connectivity index (χ0) is 13.1. The van der Waals surface area contributed by atoms with Gasteiger partial charge in [-0.15, -0.1) is 0 Å². The molecule has 0 bridgehead atoms. The van der Waals surface area contributed by atoms with Gasteiger partial charge in [0.25, 0.3) is 0 Å². The van der Waals surface area contributed by atoms with E-state index < -0.39 is 5.97 Å². The number of rotatable bonds is 3. The van der Waals surface area contributed by atoms with Gasteiger partial charge in [0, 0.05) is 10.6 Å². The van der Waals surface area contributed by atoms with E-state index in [0.717, 1.165) is 0 Å². The molecule has 1 N–H and O–H groups in total. The second-order valence-corrected chi connectivity index (χ2v) is 4.05. The fourth-order valence-corrected chi connectivity index (χ4v) is 1.73. The van der Waals surface area contributed by atoms with Crippen LogP contribution in [0.15, 0.2) is 36.4 Å². The summed E-state index contributed by atoms with van der Waals surface area (Å²) in [7, 11) is 1.28. The summed E-state index contributed by atoms with van der Waals surface area (Å²) in [6.07, 6.45) is 0. The Kier molecular flexibility index (Phi) is 3.48. The molecule has 2 aromatic rings. The number of ketones is 1. The van der Waals surface area contributed by atoms with Gasteiger partial charge < -0.3 is 9.72 Å². The van der Waals surface area contributed by atoms with E-state index in [1.54, 1.807) is 24.3 Å². The highest BCUT2D eigenvalue weighted by molar-refractivity contribution is 6.31. The quantitative estimate of drug-likeness (QED) is 0.684. The minimum atomic E-state index is -0.514. The van der Waals surface area contributed by atoms with E-state index in [0.29, 0.717) is 16.3 Å². The molecule has 0 spiro atoms. The first-order valence-electron chi connectivity index (χ1n) is 5.19. The Labute approximate surface area is 109 Å². The molecule has 1 aromatic carbocycles. The number of ether oxygens (including phenoxy) is 1. The zero-order valence-electron chi connectivity index (χ0n) is 9.57. The number of esters is 1. The predicted octanol–water partition coefficient (Wildman–Crippen LogP) is 2.69. The number of aromatic amines is 1. The van der Waals surface area contributed by atoms with Crippen LogP contribution in [0.25, 0.3) is 0 Å². The van der Waals surface area contributed by atoms with Gasteiger partial charge in [-0.05, 0) is 24.3 Å². The molecule has 5 heteroatoms. The lowest BCUT2D eigenvalue weighted by Gasteiger charge is -1.99. The average Bonchev–Trinajstić information content (AvgIpc) is 2.86. The lowest BCUT2D eigenvalue weighted by Crippen LogP contribution is -2.05. The molecule has 0 aliphatic carbocycles. The van der Waals surface area contributed by atoms with E-state index in [9.17, 15) is 9.59 Å². The Bertz CT molecular complexity index is 604. The van der Waals surface area contributed by atoms with Gasteiger partial charge in [0.1, 0.15) is 5.69 Å². The van der Waals surface area contributed by atoms with Gasteiger partial charge in [0.15, 0.2) is 0 Å². The first kappa shape index (κ1) is 12.4. The van der Waals surface area contributed by atoms with Crippen LogP contribution in [0.5, 0.6) is 0 Å². The van der Waals surface area contributed by atoms with Crippen LogP contribution in [0.1, 0.15) is 26.5 Å². The molecular weight excluding hydrogens is 254 g/mol. The summed E-state index contributed by atoms with van der Waals surface area (Å²) in [5.41, 5.74) is 1.02. The Hall–Kier alpha value is -2.07. The van der Waals surface area contributed by atoms with Crippen molar-refractivity contribution >= 4 is 23.4 Å². The van der Waals surface area contributed by atoms with E-state index in [1.807, 2.05) is 0 Å². The number of carbonyl (C=O) groups is 2. The molecule has 0 fully saturated rings. The van der Waals surface area contributed by atoms with Gasteiger partial charge in [-0.25, -0.2) is 4.79 Å². The van der Waals surface area contributed by atoms with Gasteiger partial charge in [-0.1, -0.05) is 23.7 Å². The van der Waals surface area contributed by atoms with Crippen LogP contribution in [0.4, 0.5) is 0 Å². The highest BCUT2D eigenvalue weighted by Gasteiger charge is 2.14. The number of hydrogen-bond acceptors (Lipinski definition) is 3. The van der Waals surface area contributed by atoms with Crippen molar-refractivity contribution < 1.29 is 14.3 Å². The second-order valence-electron chi connectivity index (χ2n) is 3.62. The minimum absolute atomic E-state index is 0.229. The SMILES string of the molecule is COC(=O)c1ccc(C(=O)c2cccc(Cl)c2)[nH]1. The Morgan fingerprint density at radius 1 is 1.17 bits per heavy atom. The molecule has 92 valence electrons. The summed E-state index contributed by atoms with van der Waals surface area (Å²) in [6.45, 7) is 0. The minimum Gasteiger partial charge on any atom is -0.464 e. The van der Waals surface area contributed by atoms with Gasteiger partial charge in [0.2, 0.25) is 5.78 Å². The Morgan fingerprint density at radius 3 is 2.56 bits per heavy atom. The van der Waals surface area contributed by atoms with Crippen molar-refractivity contribution in [2.75, 3.05) is 7.11 Å². The first-order chi connectivity index (χ1) is 8.61. The average molecular weight is 264 g/mol. The fraction of sp³-hybridized carbons (Fsp3) is 0.0769. The molecule has 1 heterocycles. The molecule has 0 aliphatic rings. The number of aromatic nitrogens is 1. The van der Waals surface area contributed by atoms with Crippen molar-refractivity contribution in [3.05, 3.63) is 58.4 Å². The van der Waals surface area contributed by atoms with E-state index in [4.69, 9.17) is 11.6 Å². The lowest BCUT2D eigenvalue weighted by atomic mass is 10.1. The van der Waals surface area contributed by atoms with E-state index in [1.165, 1.54) is 19.2 Å². The summed E-state index contributed by atoms with van der Waals surface area (Å²) < 4.78 is 4.55. The van der Waals surface area contributed by atoms with Crippen LogP contribution in [0, 0.1) is 0 Å². The maximum Gasteiger partial charge on any atom is 0.354 e. The summed E-state index contributed by atoms with van der Waals surface area (Å²) in [6, 6.07) is 9.65. The van der Waals surface area contributed by atoms with Gasteiger partial charge in [-0.3, -0.25) is 4.79 Å². The molecule has 4 nitrogen and oxygen atoms in total. The lowest BCUT2D eigenvalue weighted by molar-refractivity contribution is 0.0595. The third kappa shape index (κ3) is 2.43. The standard InChI is InChI=1S/C13H10ClNO3/c1-18-13(17)11-6-5-10(15-11)12(16)8-3-2-4-9(14)7-8/h2-7,15H,1H3. The van der Waals surface area contributed by atoms with Crippen molar-refractivity contribution in [1.82, 2.24) is 4.98 Å².